The van der Waals surface area contributed by atoms with E-state index in [1.165, 1.54) is 17.2 Å². The fraction of sp³-hybridized carbons (Fsp3) is 0.348. The van der Waals surface area contributed by atoms with E-state index in [1.807, 2.05) is 18.2 Å². The number of aromatic nitrogens is 4. The van der Waals surface area contributed by atoms with E-state index in [-0.39, 0.29) is 18.7 Å². The summed E-state index contributed by atoms with van der Waals surface area (Å²) >= 11 is 0. The standard InChI is InChI=1S/C23H23F3N6O/c1-22(27)9-10-31(13-22)20(23(24,25)26)15-5-8-19-29-30-21(32(19)12-15)17-7-4-14-3-6-16(33-2)11-18(14)28-17/h3-8,11-12,20H,9-10,13,27H2,1-2H3/t20-,22?/m0/s1. The fourth-order valence-corrected chi connectivity index (χ4v) is 4.44. The van der Waals surface area contributed by atoms with Gasteiger partial charge in [0.05, 0.1) is 12.6 Å². The van der Waals surface area contributed by atoms with Crippen LogP contribution in [0.3, 0.4) is 0 Å². The summed E-state index contributed by atoms with van der Waals surface area (Å²) < 4.78 is 49.3. The number of benzene rings is 1. The molecular formula is C23H23F3N6O. The number of hydrogen-bond acceptors (Lipinski definition) is 6. The van der Waals surface area contributed by atoms with Gasteiger partial charge in [-0.05, 0) is 43.2 Å². The predicted octanol–water partition coefficient (Wildman–Crippen LogP) is 3.98. The van der Waals surface area contributed by atoms with Gasteiger partial charge in [0.2, 0.25) is 0 Å². The Morgan fingerprint density at radius 1 is 1.12 bits per heavy atom. The zero-order valence-corrected chi connectivity index (χ0v) is 18.2. The summed E-state index contributed by atoms with van der Waals surface area (Å²) in [6.45, 7) is 2.22. The monoisotopic (exact) mass is 456 g/mol. The van der Waals surface area contributed by atoms with E-state index in [9.17, 15) is 13.2 Å². The first-order valence-corrected chi connectivity index (χ1v) is 10.5. The Kier molecular flexibility index (Phi) is 5.02. The molecule has 2 atom stereocenters. The molecule has 33 heavy (non-hydrogen) atoms. The maximum atomic E-state index is 14.2. The minimum absolute atomic E-state index is 0.108. The number of hydrogen-bond donors (Lipinski definition) is 1. The number of likely N-dealkylation sites (tertiary alicyclic amines) is 1. The molecule has 172 valence electrons. The van der Waals surface area contributed by atoms with Crippen molar-refractivity contribution in [2.75, 3.05) is 20.2 Å². The van der Waals surface area contributed by atoms with E-state index >= 15 is 0 Å². The van der Waals surface area contributed by atoms with E-state index in [1.54, 1.807) is 36.6 Å². The van der Waals surface area contributed by atoms with Crippen molar-refractivity contribution in [3.05, 3.63) is 54.2 Å². The maximum Gasteiger partial charge on any atom is 0.408 e. The molecule has 0 spiro atoms. The highest BCUT2D eigenvalue weighted by Gasteiger charge is 2.48. The highest BCUT2D eigenvalue weighted by Crippen LogP contribution is 2.41. The van der Waals surface area contributed by atoms with Crippen molar-refractivity contribution in [1.29, 1.82) is 0 Å². The molecule has 0 aliphatic carbocycles. The first kappa shape index (κ1) is 21.6. The second-order valence-electron chi connectivity index (χ2n) is 8.79. The molecule has 1 fully saturated rings. The van der Waals surface area contributed by atoms with Crippen LogP contribution in [0.5, 0.6) is 5.75 Å². The average Bonchev–Trinajstić information content (AvgIpc) is 3.34. The molecule has 0 saturated carbocycles. The molecule has 1 aliphatic rings. The summed E-state index contributed by atoms with van der Waals surface area (Å²) in [6.07, 6.45) is -2.50. The van der Waals surface area contributed by atoms with Gasteiger partial charge in [0.1, 0.15) is 17.5 Å². The largest absolute Gasteiger partial charge is 0.497 e. The third-order valence-electron chi connectivity index (χ3n) is 6.08. The Labute approximate surface area is 188 Å². The SMILES string of the molecule is COc1ccc2ccc(-c3nnc4ccc([C@H](N5CCC(C)(N)C5)C(F)(F)F)cn34)nc2c1. The van der Waals surface area contributed by atoms with Gasteiger partial charge in [-0.2, -0.15) is 13.2 Å². The van der Waals surface area contributed by atoms with Gasteiger partial charge in [-0.25, -0.2) is 4.98 Å². The number of alkyl halides is 3. The summed E-state index contributed by atoms with van der Waals surface area (Å²) in [5.41, 5.74) is 7.20. The molecule has 10 heteroatoms. The molecule has 0 amide bonds. The number of halogens is 3. The Balaban J connectivity index is 1.59. The van der Waals surface area contributed by atoms with E-state index < -0.39 is 17.8 Å². The summed E-state index contributed by atoms with van der Waals surface area (Å²) in [5.74, 6) is 1.02. The molecule has 1 aromatic carbocycles. The first-order valence-electron chi connectivity index (χ1n) is 10.5. The van der Waals surface area contributed by atoms with Crippen LogP contribution in [0.4, 0.5) is 13.2 Å². The van der Waals surface area contributed by atoms with Gasteiger partial charge >= 0.3 is 6.18 Å². The van der Waals surface area contributed by atoms with Crippen molar-refractivity contribution in [2.45, 2.75) is 31.1 Å². The van der Waals surface area contributed by atoms with Crippen LogP contribution in [0.15, 0.2) is 48.7 Å². The lowest BCUT2D eigenvalue weighted by atomic mass is 10.0. The minimum Gasteiger partial charge on any atom is -0.497 e. The van der Waals surface area contributed by atoms with Crippen LogP contribution in [0, 0.1) is 0 Å². The van der Waals surface area contributed by atoms with Crippen molar-refractivity contribution >= 4 is 16.6 Å². The molecule has 0 radical (unpaired) electrons. The number of rotatable bonds is 4. The van der Waals surface area contributed by atoms with Crippen molar-refractivity contribution in [1.82, 2.24) is 24.5 Å². The molecule has 4 heterocycles. The molecule has 0 bridgehead atoms. The van der Waals surface area contributed by atoms with E-state index in [4.69, 9.17) is 10.5 Å². The topological polar surface area (TPSA) is 81.6 Å². The Morgan fingerprint density at radius 2 is 1.91 bits per heavy atom. The number of fused-ring (bicyclic) bond motifs is 2. The van der Waals surface area contributed by atoms with Crippen molar-refractivity contribution in [2.24, 2.45) is 5.73 Å². The van der Waals surface area contributed by atoms with Gasteiger partial charge < -0.3 is 10.5 Å². The van der Waals surface area contributed by atoms with Crippen LogP contribution in [0.2, 0.25) is 0 Å². The van der Waals surface area contributed by atoms with Crippen molar-refractivity contribution < 1.29 is 17.9 Å². The Bertz CT molecular complexity index is 1330. The zero-order valence-electron chi connectivity index (χ0n) is 18.2. The van der Waals surface area contributed by atoms with Crippen LogP contribution in [-0.4, -0.2) is 56.4 Å². The number of methoxy groups -OCH3 is 1. The van der Waals surface area contributed by atoms with Gasteiger partial charge in [0.25, 0.3) is 0 Å². The lowest BCUT2D eigenvalue weighted by Gasteiger charge is -2.31. The highest BCUT2D eigenvalue weighted by atomic mass is 19.4. The molecule has 1 unspecified atom stereocenters. The zero-order chi connectivity index (χ0) is 23.4. The smallest absolute Gasteiger partial charge is 0.408 e. The number of pyridine rings is 2. The first-order chi connectivity index (χ1) is 15.6. The molecule has 7 nitrogen and oxygen atoms in total. The quantitative estimate of drug-likeness (QED) is 0.500. The molecule has 1 saturated heterocycles. The lowest BCUT2D eigenvalue weighted by Crippen LogP contribution is -2.43. The van der Waals surface area contributed by atoms with Gasteiger partial charge in [-0.1, -0.05) is 12.1 Å². The van der Waals surface area contributed by atoms with E-state index in [2.05, 4.69) is 15.2 Å². The lowest BCUT2D eigenvalue weighted by molar-refractivity contribution is -0.184. The Morgan fingerprint density at radius 3 is 2.61 bits per heavy atom. The molecule has 2 N–H and O–H groups in total. The second-order valence-corrected chi connectivity index (χ2v) is 8.79. The summed E-state index contributed by atoms with van der Waals surface area (Å²) in [6, 6.07) is 10.4. The molecule has 3 aromatic heterocycles. The van der Waals surface area contributed by atoms with Gasteiger partial charge in [0.15, 0.2) is 11.5 Å². The second kappa shape index (κ2) is 7.67. The number of nitrogens with two attached hydrogens (primary N) is 1. The molecule has 5 rings (SSSR count). The minimum atomic E-state index is -4.46. The normalized spacial score (nSPS) is 20.5. The Hall–Kier alpha value is -3.24. The van der Waals surface area contributed by atoms with Crippen LogP contribution in [0.1, 0.15) is 24.9 Å². The number of nitrogens with zero attached hydrogens (tertiary/aromatic N) is 5. The highest BCUT2D eigenvalue weighted by molar-refractivity contribution is 5.82. The van der Waals surface area contributed by atoms with Crippen molar-refractivity contribution in [3.8, 4) is 17.3 Å². The van der Waals surface area contributed by atoms with Crippen LogP contribution in [-0.2, 0) is 0 Å². The number of ether oxygens (including phenoxy) is 1. The summed E-state index contributed by atoms with van der Waals surface area (Å²) in [5, 5.41) is 9.24. The molecular weight excluding hydrogens is 433 g/mol. The third kappa shape index (κ3) is 4.00. The van der Waals surface area contributed by atoms with Gasteiger partial charge in [0, 0.05) is 36.3 Å². The van der Waals surface area contributed by atoms with Gasteiger partial charge in [-0.15, -0.1) is 10.2 Å². The van der Waals surface area contributed by atoms with E-state index in [0.717, 1.165) is 5.39 Å². The van der Waals surface area contributed by atoms with Crippen LogP contribution in [0.25, 0.3) is 28.1 Å². The van der Waals surface area contributed by atoms with Gasteiger partial charge in [-0.3, -0.25) is 9.30 Å². The summed E-state index contributed by atoms with van der Waals surface area (Å²) in [7, 11) is 1.57. The predicted molar refractivity (Wildman–Crippen MR) is 118 cm³/mol. The average molecular weight is 456 g/mol. The van der Waals surface area contributed by atoms with Crippen LogP contribution >= 0.6 is 0 Å². The van der Waals surface area contributed by atoms with E-state index in [0.29, 0.717) is 34.9 Å². The summed E-state index contributed by atoms with van der Waals surface area (Å²) in [4.78, 5) is 6.04. The third-order valence-corrected chi connectivity index (χ3v) is 6.08. The van der Waals surface area contributed by atoms with Crippen LogP contribution < -0.4 is 10.5 Å². The molecule has 1 aliphatic heterocycles. The maximum absolute atomic E-state index is 14.2. The van der Waals surface area contributed by atoms with Crippen molar-refractivity contribution in [3.63, 3.8) is 0 Å². The fourth-order valence-electron chi connectivity index (χ4n) is 4.44. The molecule has 4 aromatic rings.